The summed E-state index contributed by atoms with van der Waals surface area (Å²) in [5.41, 5.74) is 7.79. The highest BCUT2D eigenvalue weighted by Gasteiger charge is 2.28. The molecule has 0 spiro atoms. The molecule has 1 aromatic heterocycles. The summed E-state index contributed by atoms with van der Waals surface area (Å²) in [4.78, 5) is 0. The van der Waals surface area contributed by atoms with E-state index in [-0.39, 0.29) is 12.0 Å². The zero-order valence-corrected chi connectivity index (χ0v) is 10.5. The lowest BCUT2D eigenvalue weighted by molar-refractivity contribution is 0.119. The van der Waals surface area contributed by atoms with E-state index in [4.69, 9.17) is 5.73 Å². The fraction of sp³-hybridized carbons (Fsp3) is 0.750. The van der Waals surface area contributed by atoms with Crippen molar-refractivity contribution in [2.45, 2.75) is 33.1 Å². The van der Waals surface area contributed by atoms with Crippen LogP contribution >= 0.6 is 0 Å². The Morgan fingerprint density at radius 3 is 2.62 bits per heavy atom. The van der Waals surface area contributed by atoms with Crippen molar-refractivity contribution in [2.24, 2.45) is 18.2 Å². The summed E-state index contributed by atoms with van der Waals surface area (Å²) in [7, 11) is 1.94. The van der Waals surface area contributed by atoms with Crippen molar-refractivity contribution in [1.82, 2.24) is 9.78 Å². The van der Waals surface area contributed by atoms with Crippen LogP contribution in [0.4, 0.5) is 0 Å². The molecule has 1 atom stereocenters. The highest BCUT2D eigenvalue weighted by molar-refractivity contribution is 5.11. The summed E-state index contributed by atoms with van der Waals surface area (Å²) in [6.07, 6.45) is 2.78. The van der Waals surface area contributed by atoms with Crippen LogP contribution in [0.25, 0.3) is 0 Å². The van der Waals surface area contributed by atoms with E-state index in [1.807, 2.05) is 18.7 Å². The predicted molar refractivity (Wildman–Crippen MR) is 65.1 cm³/mol. The normalized spacial score (nSPS) is 15.1. The second kappa shape index (κ2) is 5.46. The summed E-state index contributed by atoms with van der Waals surface area (Å²) in [6.45, 7) is 4.75. The summed E-state index contributed by atoms with van der Waals surface area (Å²) in [6, 6.07) is 2.07. The van der Waals surface area contributed by atoms with Crippen molar-refractivity contribution in [2.75, 3.05) is 13.2 Å². The SMILES string of the molecule is CCCC(CN)(CO)Cc1cc(C)nn1C. The Labute approximate surface area is 97.5 Å². The third kappa shape index (κ3) is 2.83. The molecule has 1 aromatic rings. The summed E-state index contributed by atoms with van der Waals surface area (Å²) >= 11 is 0. The van der Waals surface area contributed by atoms with Gasteiger partial charge < -0.3 is 10.8 Å². The Hall–Kier alpha value is -0.870. The lowest BCUT2D eigenvalue weighted by atomic mass is 9.80. The van der Waals surface area contributed by atoms with Gasteiger partial charge in [-0.2, -0.15) is 5.10 Å². The van der Waals surface area contributed by atoms with Crippen LogP contribution in [-0.2, 0) is 13.5 Å². The fourth-order valence-corrected chi connectivity index (χ4v) is 2.21. The van der Waals surface area contributed by atoms with Gasteiger partial charge in [-0.05, 0) is 25.8 Å². The molecule has 0 aliphatic heterocycles. The number of hydrogen-bond acceptors (Lipinski definition) is 3. The number of nitrogens with two attached hydrogens (primary N) is 1. The monoisotopic (exact) mass is 225 g/mol. The Balaban J connectivity index is 2.86. The summed E-state index contributed by atoms with van der Waals surface area (Å²) < 4.78 is 1.88. The van der Waals surface area contributed by atoms with Gasteiger partial charge in [0.15, 0.2) is 0 Å². The average molecular weight is 225 g/mol. The summed E-state index contributed by atoms with van der Waals surface area (Å²) in [5, 5.41) is 13.9. The minimum Gasteiger partial charge on any atom is -0.396 e. The van der Waals surface area contributed by atoms with Crippen molar-refractivity contribution in [3.05, 3.63) is 17.5 Å². The van der Waals surface area contributed by atoms with Crippen molar-refractivity contribution < 1.29 is 5.11 Å². The van der Waals surface area contributed by atoms with E-state index < -0.39 is 0 Å². The molecule has 1 rings (SSSR count). The van der Waals surface area contributed by atoms with Gasteiger partial charge in [-0.1, -0.05) is 13.3 Å². The van der Waals surface area contributed by atoms with E-state index in [0.717, 1.165) is 30.7 Å². The maximum atomic E-state index is 9.56. The number of aliphatic hydroxyl groups is 1. The number of aliphatic hydroxyl groups excluding tert-OH is 1. The van der Waals surface area contributed by atoms with Gasteiger partial charge in [-0.25, -0.2) is 0 Å². The van der Waals surface area contributed by atoms with Crippen LogP contribution in [0.3, 0.4) is 0 Å². The molecule has 0 saturated heterocycles. The highest BCUT2D eigenvalue weighted by atomic mass is 16.3. The molecule has 0 saturated carbocycles. The molecule has 0 aliphatic rings. The van der Waals surface area contributed by atoms with Gasteiger partial charge in [0.1, 0.15) is 0 Å². The fourth-order valence-electron chi connectivity index (χ4n) is 2.21. The van der Waals surface area contributed by atoms with E-state index in [0.29, 0.717) is 6.54 Å². The minimum atomic E-state index is -0.186. The second-order valence-corrected chi connectivity index (χ2v) is 4.69. The molecule has 0 bridgehead atoms. The van der Waals surface area contributed by atoms with Crippen LogP contribution in [0.1, 0.15) is 31.2 Å². The number of rotatable bonds is 6. The molecule has 16 heavy (non-hydrogen) atoms. The molecule has 1 unspecified atom stereocenters. The van der Waals surface area contributed by atoms with Gasteiger partial charge in [0.25, 0.3) is 0 Å². The summed E-state index contributed by atoms with van der Waals surface area (Å²) in [5.74, 6) is 0. The Morgan fingerprint density at radius 1 is 1.56 bits per heavy atom. The first kappa shape index (κ1) is 13.2. The van der Waals surface area contributed by atoms with Gasteiger partial charge >= 0.3 is 0 Å². The first-order valence-electron chi connectivity index (χ1n) is 5.87. The van der Waals surface area contributed by atoms with E-state index >= 15 is 0 Å². The zero-order valence-electron chi connectivity index (χ0n) is 10.5. The molecule has 4 heteroatoms. The van der Waals surface area contributed by atoms with Gasteiger partial charge in [0.2, 0.25) is 0 Å². The largest absolute Gasteiger partial charge is 0.396 e. The molecule has 3 N–H and O–H groups in total. The lowest BCUT2D eigenvalue weighted by Gasteiger charge is -2.30. The van der Waals surface area contributed by atoms with Crippen molar-refractivity contribution in [3.63, 3.8) is 0 Å². The molecule has 92 valence electrons. The average Bonchev–Trinajstić information content (AvgIpc) is 2.56. The quantitative estimate of drug-likeness (QED) is 0.759. The molecule has 0 radical (unpaired) electrons. The van der Waals surface area contributed by atoms with E-state index in [9.17, 15) is 5.11 Å². The van der Waals surface area contributed by atoms with E-state index in [1.54, 1.807) is 0 Å². The van der Waals surface area contributed by atoms with Gasteiger partial charge in [-0.15, -0.1) is 0 Å². The first-order chi connectivity index (χ1) is 7.56. The molecule has 0 fully saturated rings. The number of nitrogens with zero attached hydrogens (tertiary/aromatic N) is 2. The third-order valence-electron chi connectivity index (χ3n) is 3.20. The molecule has 0 amide bonds. The third-order valence-corrected chi connectivity index (χ3v) is 3.20. The zero-order chi connectivity index (χ0) is 12.2. The number of hydrogen-bond donors (Lipinski definition) is 2. The highest BCUT2D eigenvalue weighted by Crippen LogP contribution is 2.27. The van der Waals surface area contributed by atoms with Crippen LogP contribution in [0.5, 0.6) is 0 Å². The molecule has 0 aromatic carbocycles. The van der Waals surface area contributed by atoms with Crippen LogP contribution in [0.15, 0.2) is 6.07 Å². The molecular weight excluding hydrogens is 202 g/mol. The number of aryl methyl sites for hydroxylation is 2. The van der Waals surface area contributed by atoms with Crippen LogP contribution in [0, 0.1) is 12.3 Å². The Kier molecular flexibility index (Phi) is 4.50. The maximum absolute atomic E-state index is 9.56. The van der Waals surface area contributed by atoms with E-state index in [1.165, 1.54) is 0 Å². The van der Waals surface area contributed by atoms with Crippen molar-refractivity contribution >= 4 is 0 Å². The van der Waals surface area contributed by atoms with Crippen LogP contribution in [0.2, 0.25) is 0 Å². The number of aromatic nitrogens is 2. The van der Waals surface area contributed by atoms with Crippen molar-refractivity contribution in [1.29, 1.82) is 0 Å². The molecule has 4 nitrogen and oxygen atoms in total. The minimum absolute atomic E-state index is 0.140. The second-order valence-electron chi connectivity index (χ2n) is 4.69. The molecule has 0 aliphatic carbocycles. The Morgan fingerprint density at radius 2 is 2.25 bits per heavy atom. The van der Waals surface area contributed by atoms with E-state index in [2.05, 4.69) is 18.1 Å². The first-order valence-corrected chi connectivity index (χ1v) is 5.87. The van der Waals surface area contributed by atoms with Gasteiger partial charge in [0, 0.05) is 24.7 Å². The molecule has 1 heterocycles. The standard InChI is InChI=1S/C12H23N3O/c1-4-5-12(8-13,9-16)7-11-6-10(2)14-15(11)3/h6,16H,4-5,7-9,13H2,1-3H3. The van der Waals surface area contributed by atoms with Crippen LogP contribution < -0.4 is 5.73 Å². The Bertz CT molecular complexity index is 329. The van der Waals surface area contributed by atoms with Gasteiger partial charge in [-0.3, -0.25) is 4.68 Å². The topological polar surface area (TPSA) is 64.1 Å². The predicted octanol–water partition coefficient (Wildman–Crippen LogP) is 1.01. The molecular formula is C12H23N3O. The van der Waals surface area contributed by atoms with Crippen LogP contribution in [-0.4, -0.2) is 28.0 Å². The maximum Gasteiger partial charge on any atom is 0.0596 e. The smallest absolute Gasteiger partial charge is 0.0596 e. The lowest BCUT2D eigenvalue weighted by Crippen LogP contribution is -2.37. The van der Waals surface area contributed by atoms with Gasteiger partial charge in [0.05, 0.1) is 12.3 Å². The van der Waals surface area contributed by atoms with Crippen molar-refractivity contribution in [3.8, 4) is 0 Å².